The van der Waals surface area contributed by atoms with Crippen LogP contribution in [0.1, 0.15) is 15.9 Å². The van der Waals surface area contributed by atoms with Crippen LogP contribution in [0.25, 0.3) is 0 Å². The van der Waals surface area contributed by atoms with Crippen LogP contribution >= 0.6 is 0 Å². The first-order valence-corrected chi connectivity index (χ1v) is 6.06. The average molecular weight is 287 g/mol. The molecule has 108 valence electrons. The molecule has 0 atom stereocenters. The van der Waals surface area contributed by atoms with Crippen molar-refractivity contribution >= 4 is 11.6 Å². The molecule has 0 spiro atoms. The Kier molecular flexibility index (Phi) is 4.15. The van der Waals surface area contributed by atoms with Crippen LogP contribution in [0, 0.1) is 10.1 Å². The minimum absolute atomic E-state index is 0.0446. The van der Waals surface area contributed by atoms with Gasteiger partial charge in [0.15, 0.2) is 0 Å². The zero-order chi connectivity index (χ0) is 15.4. The first-order valence-electron chi connectivity index (χ1n) is 6.06. The highest BCUT2D eigenvalue weighted by atomic mass is 16.6. The third-order valence-corrected chi connectivity index (χ3v) is 2.83. The first kappa shape index (κ1) is 14.5. The molecule has 2 aromatic carbocycles. The number of nitrogens with two attached hydrogens (primary N) is 2. The molecule has 0 aliphatic heterocycles. The highest BCUT2D eigenvalue weighted by molar-refractivity contribution is 5.93. The zero-order valence-corrected chi connectivity index (χ0v) is 11.0. The monoisotopic (exact) mass is 287 g/mol. The van der Waals surface area contributed by atoms with E-state index in [1.54, 1.807) is 24.3 Å². The molecule has 0 aliphatic carbocycles. The van der Waals surface area contributed by atoms with Gasteiger partial charge in [-0.05, 0) is 23.8 Å². The normalized spacial score (nSPS) is 10.1. The Morgan fingerprint density at radius 3 is 2.38 bits per heavy atom. The van der Waals surface area contributed by atoms with E-state index in [2.05, 4.69) is 0 Å². The van der Waals surface area contributed by atoms with Gasteiger partial charge in [0, 0.05) is 24.2 Å². The van der Waals surface area contributed by atoms with Crippen LogP contribution in [-0.2, 0) is 6.54 Å². The lowest BCUT2D eigenvalue weighted by Crippen LogP contribution is -2.11. The second kappa shape index (κ2) is 6.02. The number of carbonyl (C=O) groups is 1. The van der Waals surface area contributed by atoms with Gasteiger partial charge in [0.25, 0.3) is 0 Å². The quantitative estimate of drug-likeness (QED) is 0.642. The third-order valence-electron chi connectivity index (χ3n) is 2.83. The molecule has 2 rings (SSSR count). The maximum atomic E-state index is 11.2. The Labute approximate surface area is 120 Å². The van der Waals surface area contributed by atoms with Crippen LogP contribution in [0.5, 0.6) is 11.5 Å². The largest absolute Gasteiger partial charge is 0.450 e. The number of amides is 1. The molecular weight excluding hydrogens is 274 g/mol. The predicted molar refractivity (Wildman–Crippen MR) is 76.0 cm³/mol. The van der Waals surface area contributed by atoms with E-state index in [-0.39, 0.29) is 17.0 Å². The Morgan fingerprint density at radius 1 is 1.19 bits per heavy atom. The number of nitrogens with zero attached hydrogens (tertiary/aromatic N) is 1. The second-order valence-corrected chi connectivity index (χ2v) is 4.25. The molecule has 0 bridgehead atoms. The number of hydrogen-bond donors (Lipinski definition) is 2. The van der Waals surface area contributed by atoms with E-state index in [0.717, 1.165) is 5.56 Å². The molecular formula is C14H13N3O4. The van der Waals surface area contributed by atoms with Crippen LogP contribution in [0.2, 0.25) is 0 Å². The molecule has 0 heterocycles. The first-order chi connectivity index (χ1) is 10.0. The zero-order valence-electron chi connectivity index (χ0n) is 11.0. The molecule has 7 nitrogen and oxygen atoms in total. The Bertz CT molecular complexity index is 683. The summed E-state index contributed by atoms with van der Waals surface area (Å²) in [6.45, 7) is 0.386. The van der Waals surface area contributed by atoms with Gasteiger partial charge < -0.3 is 16.2 Å². The molecule has 7 heteroatoms. The average Bonchev–Trinajstić information content (AvgIpc) is 2.47. The number of nitro benzene ring substituents is 1. The van der Waals surface area contributed by atoms with Crippen molar-refractivity contribution in [2.45, 2.75) is 6.54 Å². The van der Waals surface area contributed by atoms with Crippen molar-refractivity contribution in [3.63, 3.8) is 0 Å². The number of benzene rings is 2. The van der Waals surface area contributed by atoms with Crippen LogP contribution in [0.4, 0.5) is 5.69 Å². The van der Waals surface area contributed by atoms with Crippen molar-refractivity contribution in [1.82, 2.24) is 0 Å². The van der Waals surface area contributed by atoms with Crippen molar-refractivity contribution in [2.75, 3.05) is 0 Å². The fourth-order valence-corrected chi connectivity index (χ4v) is 1.72. The summed E-state index contributed by atoms with van der Waals surface area (Å²) in [6, 6.07) is 10.5. The van der Waals surface area contributed by atoms with Crippen molar-refractivity contribution in [2.24, 2.45) is 11.5 Å². The number of rotatable bonds is 5. The van der Waals surface area contributed by atoms with Gasteiger partial charge >= 0.3 is 5.69 Å². The van der Waals surface area contributed by atoms with Crippen LogP contribution in [0.3, 0.4) is 0 Å². The molecule has 0 radical (unpaired) electrons. The molecule has 1 amide bonds. The van der Waals surface area contributed by atoms with Gasteiger partial charge in [0.1, 0.15) is 5.75 Å². The van der Waals surface area contributed by atoms with Gasteiger partial charge in [-0.15, -0.1) is 0 Å². The highest BCUT2D eigenvalue weighted by Gasteiger charge is 2.18. The van der Waals surface area contributed by atoms with Gasteiger partial charge in [-0.3, -0.25) is 14.9 Å². The predicted octanol–water partition coefficient (Wildman–Crippen LogP) is 1.94. The summed E-state index contributed by atoms with van der Waals surface area (Å²) in [6.07, 6.45) is 0. The van der Waals surface area contributed by atoms with Crippen LogP contribution in [-0.4, -0.2) is 10.8 Å². The van der Waals surface area contributed by atoms with E-state index in [1.165, 1.54) is 18.2 Å². The standard InChI is InChI=1S/C14H13N3O4/c15-8-9-1-4-11(5-2-9)21-13-7-10(14(16)18)3-6-12(13)17(19)20/h1-7H,8,15H2,(H2,16,18). The molecule has 4 N–H and O–H groups in total. The second-order valence-electron chi connectivity index (χ2n) is 4.25. The van der Waals surface area contributed by atoms with Gasteiger partial charge in [0.2, 0.25) is 11.7 Å². The minimum atomic E-state index is -0.687. The summed E-state index contributed by atoms with van der Waals surface area (Å²) in [5.74, 6) is -0.332. The fraction of sp³-hybridized carbons (Fsp3) is 0.0714. The molecule has 0 aliphatic rings. The molecule has 21 heavy (non-hydrogen) atoms. The van der Waals surface area contributed by atoms with E-state index >= 15 is 0 Å². The summed E-state index contributed by atoms with van der Waals surface area (Å²) < 4.78 is 5.47. The summed E-state index contributed by atoms with van der Waals surface area (Å²) in [5, 5.41) is 11.0. The Hall–Kier alpha value is -2.93. The molecule has 0 saturated carbocycles. The number of ether oxygens (including phenoxy) is 1. The number of hydrogen-bond acceptors (Lipinski definition) is 5. The lowest BCUT2D eigenvalue weighted by atomic mass is 10.2. The highest BCUT2D eigenvalue weighted by Crippen LogP contribution is 2.32. The number of nitro groups is 1. The fourth-order valence-electron chi connectivity index (χ4n) is 1.72. The molecule has 0 fully saturated rings. The minimum Gasteiger partial charge on any atom is -0.450 e. The third kappa shape index (κ3) is 3.34. The molecule has 0 unspecified atom stereocenters. The smallest absolute Gasteiger partial charge is 0.311 e. The van der Waals surface area contributed by atoms with Gasteiger partial charge in [-0.25, -0.2) is 0 Å². The summed E-state index contributed by atoms with van der Waals surface area (Å²) in [4.78, 5) is 21.6. The lowest BCUT2D eigenvalue weighted by molar-refractivity contribution is -0.385. The number of primary amides is 1. The maximum absolute atomic E-state index is 11.2. The molecule has 0 saturated heterocycles. The molecule has 2 aromatic rings. The summed E-state index contributed by atoms with van der Waals surface area (Å²) in [7, 11) is 0. The van der Waals surface area contributed by atoms with E-state index in [0.29, 0.717) is 12.3 Å². The van der Waals surface area contributed by atoms with Gasteiger partial charge in [-0.1, -0.05) is 12.1 Å². The number of carbonyl (C=O) groups excluding carboxylic acids is 1. The van der Waals surface area contributed by atoms with E-state index in [4.69, 9.17) is 16.2 Å². The van der Waals surface area contributed by atoms with Gasteiger partial charge in [-0.2, -0.15) is 0 Å². The molecule has 0 aromatic heterocycles. The van der Waals surface area contributed by atoms with Crippen molar-refractivity contribution in [1.29, 1.82) is 0 Å². The summed E-state index contributed by atoms with van der Waals surface area (Å²) in [5.41, 5.74) is 11.4. The summed E-state index contributed by atoms with van der Waals surface area (Å²) >= 11 is 0. The van der Waals surface area contributed by atoms with Crippen molar-refractivity contribution in [3.8, 4) is 11.5 Å². The maximum Gasteiger partial charge on any atom is 0.311 e. The van der Waals surface area contributed by atoms with Crippen LogP contribution in [0.15, 0.2) is 42.5 Å². The van der Waals surface area contributed by atoms with E-state index < -0.39 is 10.8 Å². The lowest BCUT2D eigenvalue weighted by Gasteiger charge is -2.08. The Morgan fingerprint density at radius 2 is 1.86 bits per heavy atom. The van der Waals surface area contributed by atoms with E-state index in [9.17, 15) is 14.9 Å². The SMILES string of the molecule is NCc1ccc(Oc2cc(C(N)=O)ccc2[N+](=O)[O-])cc1. The van der Waals surface area contributed by atoms with Gasteiger partial charge in [0.05, 0.1) is 4.92 Å². The topological polar surface area (TPSA) is 121 Å². The van der Waals surface area contributed by atoms with Crippen LogP contribution < -0.4 is 16.2 Å². The van der Waals surface area contributed by atoms with Crippen molar-refractivity contribution < 1.29 is 14.5 Å². The van der Waals surface area contributed by atoms with Crippen molar-refractivity contribution in [3.05, 3.63) is 63.7 Å². The Balaban J connectivity index is 2.37. The van der Waals surface area contributed by atoms with E-state index in [1.807, 2.05) is 0 Å².